The van der Waals surface area contributed by atoms with E-state index in [2.05, 4.69) is 4.74 Å². The van der Waals surface area contributed by atoms with Crippen molar-refractivity contribution in [2.75, 3.05) is 0 Å². The minimum atomic E-state index is -2.33. The molecule has 0 spiro atoms. The predicted octanol–water partition coefficient (Wildman–Crippen LogP) is -1.96. The Morgan fingerprint density at radius 1 is 1.33 bits per heavy atom. The third-order valence-electron chi connectivity index (χ3n) is 0.348. The topological polar surface area (TPSA) is 89.5 Å². The quantitative estimate of drug-likeness (QED) is 0.363. The minimum Gasteiger partial charge on any atom is -0.652 e. The molecule has 0 rings (SSSR count). The van der Waals surface area contributed by atoms with Crippen LogP contribution >= 0.6 is 0 Å². The third kappa shape index (κ3) is 50.6. The van der Waals surface area contributed by atoms with E-state index in [9.17, 15) is 4.79 Å². The van der Waals surface area contributed by atoms with Gasteiger partial charge in [-0.05, 0) is 26.9 Å². The smallest absolute Gasteiger partial charge is 0.652 e. The first-order valence-corrected chi connectivity index (χ1v) is 2.72. The van der Waals surface area contributed by atoms with Crippen molar-refractivity contribution in [1.82, 2.24) is 0 Å². The fourth-order valence-corrected chi connectivity index (χ4v) is 0.125. The van der Waals surface area contributed by atoms with E-state index in [0.717, 1.165) is 0 Å². The van der Waals surface area contributed by atoms with Gasteiger partial charge >= 0.3 is 37.7 Å². The number of carbonyl (C=O) groups excluding carboxylic acids is 2. The van der Waals surface area contributed by atoms with Gasteiger partial charge in [0.1, 0.15) is 0 Å². The molecule has 0 aliphatic heterocycles. The van der Waals surface area contributed by atoms with E-state index in [1.165, 1.54) is 6.47 Å². The molecule has 0 aromatic rings. The van der Waals surface area contributed by atoms with Crippen molar-refractivity contribution in [1.29, 1.82) is 0 Å². The van der Waals surface area contributed by atoms with Crippen LogP contribution in [0.25, 0.3) is 0 Å². The second-order valence-electron chi connectivity index (χ2n) is 2.55. The van der Waals surface area contributed by atoms with Crippen LogP contribution in [0.3, 0.4) is 0 Å². The van der Waals surface area contributed by atoms with E-state index in [1.54, 1.807) is 20.8 Å². The van der Waals surface area contributed by atoms with Gasteiger partial charge in [0.05, 0.1) is 5.60 Å². The van der Waals surface area contributed by atoms with Gasteiger partial charge in [0.25, 0.3) is 0 Å². The molecular formula is C6H9CaO5-. The van der Waals surface area contributed by atoms with E-state index in [-0.39, 0.29) is 43.3 Å². The van der Waals surface area contributed by atoms with Crippen molar-refractivity contribution in [2.45, 2.75) is 26.4 Å². The van der Waals surface area contributed by atoms with Crippen LogP contribution in [0.5, 0.6) is 0 Å². The Bertz CT molecular complexity index is 124. The normalized spacial score (nSPS) is 8.25. The Morgan fingerprint density at radius 2 is 1.58 bits per heavy atom. The molecule has 0 aromatic carbocycles. The molecule has 0 saturated heterocycles. The Morgan fingerprint density at radius 3 is 1.58 bits per heavy atom. The number of carbonyl (C=O) groups is 1. The van der Waals surface area contributed by atoms with Gasteiger partial charge in [0.15, 0.2) is 0 Å². The predicted molar refractivity (Wildman–Crippen MR) is 37.7 cm³/mol. The number of rotatable bonds is 1. The summed E-state index contributed by atoms with van der Waals surface area (Å²) in [6.45, 7) is 6.73. The van der Waals surface area contributed by atoms with E-state index in [0.29, 0.717) is 0 Å². The molecule has 0 N–H and O–H groups in total. The molecule has 0 unspecified atom stereocenters. The summed E-state index contributed by atoms with van der Waals surface area (Å²) in [4.78, 5) is 17.8. The van der Waals surface area contributed by atoms with Gasteiger partial charge in [0.2, 0.25) is 0 Å². The monoisotopic (exact) mass is 201 g/mol. The van der Waals surface area contributed by atoms with Crippen molar-refractivity contribution in [2.24, 2.45) is 0 Å². The van der Waals surface area contributed by atoms with Gasteiger partial charge in [-0.3, -0.25) is 0 Å². The third-order valence-corrected chi connectivity index (χ3v) is 0.348. The number of carboxylic acid groups (broad SMARTS) is 2. The fraction of sp³-hybridized carbons (Fsp3) is 0.667. The second kappa shape index (κ2) is 9.09. The molecule has 0 heterocycles. The zero-order valence-electron chi connectivity index (χ0n) is 7.25. The van der Waals surface area contributed by atoms with Crippen molar-refractivity contribution < 1.29 is 24.5 Å². The van der Waals surface area contributed by atoms with Crippen LogP contribution < -0.4 is 10.2 Å². The molecule has 5 nitrogen and oxygen atoms in total. The average Bonchev–Trinajstić information content (AvgIpc) is 1.58. The Balaban J connectivity index is -0.000000142. The van der Waals surface area contributed by atoms with Crippen molar-refractivity contribution in [3.63, 3.8) is 0 Å². The summed E-state index contributed by atoms with van der Waals surface area (Å²) in [5, 5.41) is 16.7. The molecule has 66 valence electrons. The molecule has 6 heteroatoms. The Hall–Kier alpha value is -0.000260. The zero-order chi connectivity index (χ0) is 9.49. The summed E-state index contributed by atoms with van der Waals surface area (Å²) in [6.07, 6.45) is -2.33. The van der Waals surface area contributed by atoms with E-state index in [4.69, 9.17) is 15.0 Å². The van der Waals surface area contributed by atoms with E-state index >= 15 is 0 Å². The molecule has 0 aromatic heterocycles. The van der Waals surface area contributed by atoms with Crippen molar-refractivity contribution >= 4 is 50.4 Å². The summed E-state index contributed by atoms with van der Waals surface area (Å²) < 4.78 is 4.42. The molecule has 0 atom stereocenters. The van der Waals surface area contributed by atoms with Gasteiger partial charge < -0.3 is 24.5 Å². The van der Waals surface area contributed by atoms with Gasteiger partial charge in [-0.25, -0.2) is 0 Å². The van der Waals surface area contributed by atoms with Crippen LogP contribution in [-0.2, 0) is 9.53 Å². The largest absolute Gasteiger partial charge is 2.00 e. The van der Waals surface area contributed by atoms with E-state index in [1.807, 2.05) is 0 Å². The molecule has 0 amide bonds. The summed E-state index contributed by atoms with van der Waals surface area (Å²) in [5.41, 5.74) is -0.373. The minimum absolute atomic E-state index is 0. The molecule has 0 radical (unpaired) electrons. The fourth-order valence-electron chi connectivity index (χ4n) is 0.125. The molecular weight excluding hydrogens is 192 g/mol. The maximum absolute atomic E-state index is 9.47. The first-order chi connectivity index (χ1) is 4.79. The summed E-state index contributed by atoms with van der Waals surface area (Å²) in [7, 11) is 0. The van der Waals surface area contributed by atoms with Crippen LogP contribution in [-0.4, -0.2) is 56.0 Å². The first kappa shape index (κ1) is 17.9. The number of hydrogen-bond donors (Lipinski definition) is 0. The van der Waals surface area contributed by atoms with Crippen molar-refractivity contribution in [3.8, 4) is 0 Å². The molecule has 0 saturated carbocycles. The Kier molecular flexibility index (Phi) is 13.6. The first-order valence-electron chi connectivity index (χ1n) is 2.72. The number of ether oxygens (including phenoxy) is 1. The van der Waals surface area contributed by atoms with Crippen LogP contribution in [0, 0.1) is 0 Å². The summed E-state index contributed by atoms with van der Waals surface area (Å²) in [6, 6.07) is 0. The van der Waals surface area contributed by atoms with Gasteiger partial charge in [-0.1, -0.05) is 6.47 Å². The van der Waals surface area contributed by atoms with Gasteiger partial charge in [-0.2, -0.15) is 0 Å². The molecule has 0 bridgehead atoms. The van der Waals surface area contributed by atoms with Gasteiger partial charge in [-0.15, -0.1) is 0 Å². The van der Waals surface area contributed by atoms with Crippen LogP contribution in [0.4, 0.5) is 4.79 Å². The molecule has 12 heavy (non-hydrogen) atoms. The SMILES string of the molecule is CC(C)(C)O[C-]=O.O=C([O-])[O-].[Ca+2]. The molecule has 0 aliphatic carbocycles. The standard InChI is InChI=1S/C5H9O2.CH2O3.Ca/c1-5(2,3)7-4-6;2-1(3)4;/h1-3H3;(H2,2,3,4);/q-1;;+2/p-2. The molecule has 0 aliphatic rings. The number of hydrogen-bond acceptors (Lipinski definition) is 5. The summed E-state index contributed by atoms with van der Waals surface area (Å²) >= 11 is 0. The molecule has 0 fully saturated rings. The maximum atomic E-state index is 9.47. The zero-order valence-corrected chi connectivity index (χ0v) is 9.46. The Labute approximate surface area is 101 Å². The van der Waals surface area contributed by atoms with E-state index < -0.39 is 6.16 Å². The van der Waals surface area contributed by atoms with Crippen LogP contribution in [0.2, 0.25) is 0 Å². The maximum Gasteiger partial charge on any atom is 2.00 e. The van der Waals surface area contributed by atoms with Gasteiger partial charge in [0, 0.05) is 0 Å². The average molecular weight is 201 g/mol. The second-order valence-corrected chi connectivity index (χ2v) is 2.55. The van der Waals surface area contributed by atoms with Crippen molar-refractivity contribution in [3.05, 3.63) is 0 Å². The van der Waals surface area contributed by atoms with Crippen LogP contribution in [0.1, 0.15) is 20.8 Å². The summed E-state index contributed by atoms with van der Waals surface area (Å²) in [5.74, 6) is 0. The van der Waals surface area contributed by atoms with Crippen LogP contribution in [0.15, 0.2) is 0 Å².